The summed E-state index contributed by atoms with van der Waals surface area (Å²) in [6.07, 6.45) is 1.47. The molecule has 1 N–H and O–H groups in total. The fourth-order valence-corrected chi connectivity index (χ4v) is 2.87. The van der Waals surface area contributed by atoms with Gasteiger partial charge >= 0.3 is 0 Å². The van der Waals surface area contributed by atoms with Gasteiger partial charge < -0.3 is 15.0 Å². The molecule has 1 aromatic carbocycles. The molecule has 6 nitrogen and oxygen atoms in total. The summed E-state index contributed by atoms with van der Waals surface area (Å²) in [4.78, 5) is 30.2. The SMILES string of the molecule is CCOc1ccccc1NC(=O)CC(=O)N(C)[C@@H](C)c1nccs1. The van der Waals surface area contributed by atoms with Gasteiger partial charge in [0.25, 0.3) is 0 Å². The molecule has 0 saturated carbocycles. The van der Waals surface area contributed by atoms with Gasteiger partial charge in [0, 0.05) is 18.6 Å². The van der Waals surface area contributed by atoms with Crippen molar-refractivity contribution in [3.05, 3.63) is 40.8 Å². The molecule has 1 heterocycles. The van der Waals surface area contributed by atoms with Crippen LogP contribution in [0.3, 0.4) is 0 Å². The summed E-state index contributed by atoms with van der Waals surface area (Å²) in [5.74, 6) is -0.0419. The minimum absolute atomic E-state index is 0.166. The molecule has 0 fully saturated rings. The molecule has 24 heavy (non-hydrogen) atoms. The summed E-state index contributed by atoms with van der Waals surface area (Å²) in [5, 5.41) is 5.43. The summed E-state index contributed by atoms with van der Waals surface area (Å²) < 4.78 is 5.46. The van der Waals surface area contributed by atoms with Gasteiger partial charge in [0.1, 0.15) is 17.2 Å². The zero-order valence-corrected chi connectivity index (χ0v) is 14.8. The summed E-state index contributed by atoms with van der Waals surface area (Å²) in [7, 11) is 1.68. The van der Waals surface area contributed by atoms with Crippen LogP contribution in [0.4, 0.5) is 5.69 Å². The topological polar surface area (TPSA) is 71.5 Å². The van der Waals surface area contributed by atoms with E-state index in [9.17, 15) is 9.59 Å². The molecule has 2 amide bonds. The van der Waals surface area contributed by atoms with Gasteiger partial charge in [0.15, 0.2) is 0 Å². The number of carbonyl (C=O) groups excluding carboxylic acids is 2. The van der Waals surface area contributed by atoms with Crippen molar-refractivity contribution in [1.29, 1.82) is 0 Å². The van der Waals surface area contributed by atoms with E-state index in [1.54, 1.807) is 31.4 Å². The number of ether oxygens (including phenoxy) is 1. The number of hydrogen-bond acceptors (Lipinski definition) is 5. The molecule has 0 aliphatic heterocycles. The molecule has 0 saturated heterocycles. The third-order valence-corrected chi connectivity index (χ3v) is 4.50. The highest BCUT2D eigenvalue weighted by Gasteiger charge is 2.21. The van der Waals surface area contributed by atoms with Crippen molar-refractivity contribution < 1.29 is 14.3 Å². The fourth-order valence-electron chi connectivity index (χ4n) is 2.13. The van der Waals surface area contributed by atoms with E-state index in [1.165, 1.54) is 16.2 Å². The largest absolute Gasteiger partial charge is 0.492 e. The Balaban J connectivity index is 1.95. The van der Waals surface area contributed by atoms with E-state index in [0.29, 0.717) is 18.0 Å². The Morgan fingerprint density at radius 1 is 1.38 bits per heavy atom. The molecule has 7 heteroatoms. The highest BCUT2D eigenvalue weighted by molar-refractivity contribution is 7.09. The number of thiazole rings is 1. The number of amides is 2. The first-order chi connectivity index (χ1) is 11.5. The lowest BCUT2D eigenvalue weighted by Gasteiger charge is -2.23. The lowest BCUT2D eigenvalue weighted by molar-refractivity contribution is -0.135. The molecule has 1 atom stereocenters. The van der Waals surface area contributed by atoms with Gasteiger partial charge in [0.05, 0.1) is 18.3 Å². The van der Waals surface area contributed by atoms with Crippen molar-refractivity contribution in [2.45, 2.75) is 26.3 Å². The smallest absolute Gasteiger partial charge is 0.233 e. The maximum absolute atomic E-state index is 12.3. The minimum Gasteiger partial charge on any atom is -0.492 e. The highest BCUT2D eigenvalue weighted by Crippen LogP contribution is 2.24. The second-order valence-corrected chi connectivity index (χ2v) is 6.13. The van der Waals surface area contributed by atoms with Crippen LogP contribution in [0.25, 0.3) is 0 Å². The lowest BCUT2D eigenvalue weighted by Crippen LogP contribution is -2.32. The standard InChI is InChI=1S/C17H21N3O3S/c1-4-23-14-8-6-5-7-13(14)19-15(21)11-16(22)20(3)12(2)17-18-9-10-24-17/h5-10,12H,4,11H2,1-3H3,(H,19,21)/t12-/m0/s1. The van der Waals surface area contributed by atoms with Crippen molar-refractivity contribution >= 4 is 28.8 Å². The third-order valence-electron chi connectivity index (χ3n) is 3.56. The van der Waals surface area contributed by atoms with Crippen LogP contribution in [-0.4, -0.2) is 35.4 Å². The summed E-state index contributed by atoms with van der Waals surface area (Å²) in [6, 6.07) is 6.99. The van der Waals surface area contributed by atoms with Gasteiger partial charge in [-0.2, -0.15) is 0 Å². The normalized spacial score (nSPS) is 11.6. The van der Waals surface area contributed by atoms with Gasteiger partial charge in [0.2, 0.25) is 11.8 Å². The second-order valence-electron chi connectivity index (χ2n) is 5.21. The first kappa shape index (κ1) is 17.9. The van der Waals surface area contributed by atoms with Gasteiger partial charge in [-0.05, 0) is 26.0 Å². The molecule has 0 unspecified atom stereocenters. The number of nitrogens with one attached hydrogen (secondary N) is 1. The Morgan fingerprint density at radius 2 is 2.12 bits per heavy atom. The van der Waals surface area contributed by atoms with Crippen LogP contribution < -0.4 is 10.1 Å². The van der Waals surface area contributed by atoms with Crippen molar-refractivity contribution in [3.8, 4) is 5.75 Å². The predicted octanol–water partition coefficient (Wildman–Crippen LogP) is 3.09. The van der Waals surface area contributed by atoms with Gasteiger partial charge in [-0.15, -0.1) is 11.3 Å². The molecule has 2 rings (SSSR count). The Kier molecular flexibility index (Phi) is 6.31. The highest BCUT2D eigenvalue weighted by atomic mass is 32.1. The average Bonchev–Trinajstić information content (AvgIpc) is 3.10. The number of anilines is 1. The summed E-state index contributed by atoms with van der Waals surface area (Å²) in [6.45, 7) is 4.26. The number of hydrogen-bond donors (Lipinski definition) is 1. The maximum atomic E-state index is 12.3. The monoisotopic (exact) mass is 347 g/mol. The Labute approximate surface area is 145 Å². The van der Waals surface area contributed by atoms with Crippen molar-refractivity contribution in [2.75, 3.05) is 19.0 Å². The zero-order valence-electron chi connectivity index (χ0n) is 14.0. The van der Waals surface area contributed by atoms with Gasteiger partial charge in [-0.1, -0.05) is 12.1 Å². The molecule has 0 aliphatic carbocycles. The van der Waals surface area contributed by atoms with Crippen LogP contribution in [0.15, 0.2) is 35.8 Å². The van der Waals surface area contributed by atoms with Crippen LogP contribution in [-0.2, 0) is 9.59 Å². The molecule has 2 aromatic rings. The van der Waals surface area contributed by atoms with E-state index < -0.39 is 0 Å². The third kappa shape index (κ3) is 4.55. The summed E-state index contributed by atoms with van der Waals surface area (Å²) >= 11 is 1.48. The molecular weight excluding hydrogens is 326 g/mol. The quantitative estimate of drug-likeness (QED) is 0.781. The van der Waals surface area contributed by atoms with E-state index in [0.717, 1.165) is 5.01 Å². The van der Waals surface area contributed by atoms with Crippen molar-refractivity contribution in [3.63, 3.8) is 0 Å². The van der Waals surface area contributed by atoms with Crippen LogP contribution in [0.2, 0.25) is 0 Å². The number of para-hydroxylation sites is 2. The first-order valence-electron chi connectivity index (χ1n) is 7.69. The molecule has 0 radical (unpaired) electrons. The van der Waals surface area contributed by atoms with Crippen LogP contribution in [0, 0.1) is 0 Å². The first-order valence-corrected chi connectivity index (χ1v) is 8.57. The van der Waals surface area contributed by atoms with E-state index >= 15 is 0 Å². The predicted molar refractivity (Wildman–Crippen MR) is 94.2 cm³/mol. The number of carbonyl (C=O) groups is 2. The molecule has 0 spiro atoms. The summed E-state index contributed by atoms with van der Waals surface area (Å²) in [5.41, 5.74) is 0.563. The van der Waals surface area contributed by atoms with E-state index in [1.807, 2.05) is 25.3 Å². The Bertz CT molecular complexity index is 688. The number of benzene rings is 1. The molecule has 0 aliphatic rings. The average molecular weight is 347 g/mol. The van der Waals surface area contributed by atoms with Crippen LogP contribution in [0.5, 0.6) is 5.75 Å². The Morgan fingerprint density at radius 3 is 2.79 bits per heavy atom. The zero-order chi connectivity index (χ0) is 17.5. The Hall–Kier alpha value is -2.41. The fraction of sp³-hybridized carbons (Fsp3) is 0.353. The minimum atomic E-state index is -0.370. The molecular formula is C17H21N3O3S. The second kappa shape index (κ2) is 8.44. The number of nitrogens with zero attached hydrogens (tertiary/aromatic N) is 2. The number of aromatic nitrogens is 1. The van der Waals surface area contributed by atoms with Crippen LogP contribution >= 0.6 is 11.3 Å². The molecule has 1 aromatic heterocycles. The maximum Gasteiger partial charge on any atom is 0.233 e. The van der Waals surface area contributed by atoms with Gasteiger partial charge in [-0.25, -0.2) is 4.98 Å². The van der Waals surface area contributed by atoms with Crippen molar-refractivity contribution in [2.24, 2.45) is 0 Å². The van der Waals surface area contributed by atoms with Crippen LogP contribution in [0.1, 0.15) is 31.3 Å². The van der Waals surface area contributed by atoms with Gasteiger partial charge in [-0.3, -0.25) is 9.59 Å². The lowest BCUT2D eigenvalue weighted by atomic mass is 10.2. The molecule has 0 bridgehead atoms. The molecule has 128 valence electrons. The van der Waals surface area contributed by atoms with E-state index in [2.05, 4.69) is 10.3 Å². The van der Waals surface area contributed by atoms with E-state index in [4.69, 9.17) is 4.74 Å². The number of rotatable bonds is 7. The van der Waals surface area contributed by atoms with E-state index in [-0.39, 0.29) is 24.3 Å². The van der Waals surface area contributed by atoms with Crippen molar-refractivity contribution in [1.82, 2.24) is 9.88 Å².